The number of hydrogen-bond donors (Lipinski definition) is 2. The van der Waals surface area contributed by atoms with E-state index < -0.39 is 37.8 Å². The second-order valence-corrected chi connectivity index (χ2v) is 13.2. The van der Waals surface area contributed by atoms with Gasteiger partial charge >= 0.3 is 0 Å². The van der Waals surface area contributed by atoms with Gasteiger partial charge in [-0.25, -0.2) is 8.42 Å². The van der Waals surface area contributed by atoms with E-state index in [0.29, 0.717) is 10.6 Å². The predicted molar refractivity (Wildman–Crippen MR) is 156 cm³/mol. The van der Waals surface area contributed by atoms with Crippen molar-refractivity contribution < 1.29 is 26.2 Å². The topological polar surface area (TPSA) is 134 Å². The fourth-order valence-corrected chi connectivity index (χ4v) is 6.94. The summed E-state index contributed by atoms with van der Waals surface area (Å²) in [6.07, 6.45) is 4.50. The Labute approximate surface area is 241 Å². The maximum atomic E-state index is 14.0. The quantitative estimate of drug-likeness (QED) is 0.266. The molecule has 3 aromatic rings. The molecule has 0 spiro atoms. The van der Waals surface area contributed by atoms with Gasteiger partial charge < -0.3 is 5.32 Å². The number of nitrogens with zero attached hydrogens (tertiary/aromatic N) is 2. The van der Waals surface area contributed by atoms with Crippen LogP contribution in [0.4, 0.5) is 0 Å². The van der Waals surface area contributed by atoms with Crippen LogP contribution in [0.2, 0.25) is 5.02 Å². The van der Waals surface area contributed by atoms with Gasteiger partial charge in [-0.1, -0.05) is 42.8 Å². The Kier molecular flexibility index (Phi) is 10.8. The summed E-state index contributed by atoms with van der Waals surface area (Å²) in [5, 5.41) is 2.76. The number of amides is 1. The molecule has 0 aliphatic rings. The average Bonchev–Trinajstić information content (AvgIpc) is 2.91. The number of pyridine rings is 1. The molecule has 0 aliphatic carbocycles. The summed E-state index contributed by atoms with van der Waals surface area (Å²) < 4.78 is 60.0. The largest absolute Gasteiger partial charge is 0.355 e. The van der Waals surface area contributed by atoms with E-state index in [0.717, 1.165) is 28.7 Å². The maximum absolute atomic E-state index is 14.0. The smallest absolute Gasteiger partial charge is 0.266 e. The van der Waals surface area contributed by atoms with Gasteiger partial charge in [-0.15, -0.1) is 0 Å². The molecule has 0 bridgehead atoms. The molecule has 0 radical (unpaired) electrons. The van der Waals surface area contributed by atoms with Gasteiger partial charge in [0.2, 0.25) is 15.9 Å². The van der Waals surface area contributed by atoms with Gasteiger partial charge in [-0.2, -0.15) is 12.7 Å². The van der Waals surface area contributed by atoms with Crippen molar-refractivity contribution in [2.75, 3.05) is 18.8 Å². The van der Waals surface area contributed by atoms with Crippen LogP contribution in [0.1, 0.15) is 49.4 Å². The Balaban J connectivity index is 1.91. The molecule has 216 valence electrons. The van der Waals surface area contributed by atoms with E-state index in [1.54, 1.807) is 32.2 Å². The molecule has 1 heterocycles. The van der Waals surface area contributed by atoms with E-state index in [9.17, 15) is 21.6 Å². The molecule has 9 nitrogen and oxygen atoms in total. The highest BCUT2D eigenvalue weighted by molar-refractivity contribution is 7.89. The lowest BCUT2D eigenvalue weighted by molar-refractivity contribution is -0.121. The number of sulfonamides is 1. The number of benzene rings is 2. The number of carbonyl (C=O) groups is 1. The van der Waals surface area contributed by atoms with Crippen LogP contribution in [-0.2, 0) is 31.4 Å². The molecule has 12 heteroatoms. The first-order chi connectivity index (χ1) is 18.8. The van der Waals surface area contributed by atoms with Gasteiger partial charge in [0, 0.05) is 43.0 Å². The Morgan fingerprint density at radius 2 is 1.85 bits per heavy atom. The maximum Gasteiger partial charge on any atom is 0.266 e. The number of aryl methyl sites for hydroxylation is 1. The van der Waals surface area contributed by atoms with Gasteiger partial charge in [0.05, 0.1) is 10.6 Å². The standard InChI is InChI=1S/C28H34ClN3O6S2/c1-4-22-19-30-14-13-25(22)24-9-5-8-23(18-24)21(3)32(16-7-12-28(33)31-15-17-39(34,35)36)40(37,38)27-11-6-10-26(29)20(27)2/h5-6,8-11,13-14,18-19,21H,4,7,12,15-17H2,1-3H3,(H,31,33)(H,34,35,36). The molecule has 1 unspecified atom stereocenters. The normalized spacial score (nSPS) is 12.8. The number of aromatic nitrogens is 1. The van der Waals surface area contributed by atoms with Crippen LogP contribution in [0.3, 0.4) is 0 Å². The number of nitrogens with one attached hydrogen (secondary N) is 1. The average molecular weight is 608 g/mol. The molecule has 0 aliphatic heterocycles. The molecule has 0 saturated carbocycles. The summed E-state index contributed by atoms with van der Waals surface area (Å²) in [5.74, 6) is -1.04. The Hall–Kier alpha value is -2.83. The van der Waals surface area contributed by atoms with E-state index >= 15 is 0 Å². The molecular formula is C28H34ClN3O6S2. The lowest BCUT2D eigenvalue weighted by Crippen LogP contribution is -2.36. The minimum atomic E-state index is -4.20. The van der Waals surface area contributed by atoms with Crippen molar-refractivity contribution in [3.8, 4) is 11.1 Å². The highest BCUT2D eigenvalue weighted by Crippen LogP contribution is 2.33. The summed E-state index contributed by atoms with van der Waals surface area (Å²) in [5.41, 5.74) is 4.25. The van der Waals surface area contributed by atoms with Crippen LogP contribution in [0, 0.1) is 6.92 Å². The third-order valence-electron chi connectivity index (χ3n) is 6.67. The minimum Gasteiger partial charge on any atom is -0.355 e. The second-order valence-electron chi connectivity index (χ2n) is 9.41. The van der Waals surface area contributed by atoms with Gasteiger partial charge in [0.25, 0.3) is 10.1 Å². The second kappa shape index (κ2) is 13.7. The van der Waals surface area contributed by atoms with Crippen molar-refractivity contribution in [2.45, 2.75) is 51.0 Å². The van der Waals surface area contributed by atoms with Gasteiger partial charge in [0.15, 0.2) is 0 Å². The predicted octanol–water partition coefficient (Wildman–Crippen LogP) is 4.81. The molecule has 2 N–H and O–H groups in total. The number of hydrogen-bond acceptors (Lipinski definition) is 6. The minimum absolute atomic E-state index is 0.0286. The molecule has 1 aromatic heterocycles. The fraction of sp³-hybridized carbons (Fsp3) is 0.357. The first-order valence-corrected chi connectivity index (χ1v) is 16.3. The molecule has 2 aromatic carbocycles. The first kappa shape index (κ1) is 31.7. The van der Waals surface area contributed by atoms with Crippen molar-refractivity contribution in [1.29, 1.82) is 0 Å². The highest BCUT2D eigenvalue weighted by atomic mass is 35.5. The van der Waals surface area contributed by atoms with Crippen molar-refractivity contribution in [3.05, 3.63) is 82.6 Å². The molecule has 3 rings (SSSR count). The third kappa shape index (κ3) is 8.11. The number of rotatable bonds is 13. The Bertz CT molecular complexity index is 1560. The zero-order chi connectivity index (χ0) is 29.5. The van der Waals surface area contributed by atoms with Crippen LogP contribution in [0.5, 0.6) is 0 Å². The summed E-state index contributed by atoms with van der Waals surface area (Å²) in [7, 11) is -8.23. The van der Waals surface area contributed by atoms with Gasteiger partial charge in [-0.05, 0) is 78.8 Å². The van der Waals surface area contributed by atoms with Crippen LogP contribution in [0.25, 0.3) is 11.1 Å². The summed E-state index contributed by atoms with van der Waals surface area (Å²) in [6, 6.07) is 13.8. The summed E-state index contributed by atoms with van der Waals surface area (Å²) in [4.78, 5) is 16.6. The molecule has 1 atom stereocenters. The van der Waals surface area contributed by atoms with E-state index in [1.807, 2.05) is 43.5 Å². The zero-order valence-electron chi connectivity index (χ0n) is 22.7. The van der Waals surface area contributed by atoms with Crippen molar-refractivity contribution in [3.63, 3.8) is 0 Å². The molecule has 0 saturated heterocycles. The van der Waals surface area contributed by atoms with Crippen molar-refractivity contribution >= 4 is 37.6 Å². The monoisotopic (exact) mass is 607 g/mol. The van der Waals surface area contributed by atoms with E-state index in [1.165, 1.54) is 10.4 Å². The SMILES string of the molecule is CCc1cnccc1-c1cccc(C(C)N(CCCC(=O)NCCS(=O)(=O)O)S(=O)(=O)c2cccc(Cl)c2C)c1. The fourth-order valence-electron chi connectivity index (χ4n) is 4.44. The number of carbonyl (C=O) groups excluding carboxylic acids is 1. The molecule has 1 amide bonds. The highest BCUT2D eigenvalue weighted by Gasteiger charge is 2.31. The van der Waals surface area contributed by atoms with Crippen LogP contribution < -0.4 is 5.32 Å². The van der Waals surface area contributed by atoms with Crippen LogP contribution in [0.15, 0.2) is 65.8 Å². The van der Waals surface area contributed by atoms with Gasteiger partial charge in [0.1, 0.15) is 0 Å². The third-order valence-corrected chi connectivity index (χ3v) is 9.91. The van der Waals surface area contributed by atoms with Crippen LogP contribution >= 0.6 is 11.6 Å². The Morgan fingerprint density at radius 3 is 2.55 bits per heavy atom. The van der Waals surface area contributed by atoms with E-state index in [2.05, 4.69) is 10.3 Å². The first-order valence-electron chi connectivity index (χ1n) is 12.9. The van der Waals surface area contributed by atoms with Crippen molar-refractivity contribution in [2.24, 2.45) is 0 Å². The van der Waals surface area contributed by atoms with Crippen molar-refractivity contribution in [1.82, 2.24) is 14.6 Å². The molecule has 40 heavy (non-hydrogen) atoms. The zero-order valence-corrected chi connectivity index (χ0v) is 25.1. The lowest BCUT2D eigenvalue weighted by atomic mass is 9.97. The lowest BCUT2D eigenvalue weighted by Gasteiger charge is -2.30. The van der Waals surface area contributed by atoms with E-state index in [4.69, 9.17) is 16.2 Å². The molecule has 0 fully saturated rings. The van der Waals surface area contributed by atoms with E-state index in [-0.39, 0.29) is 30.8 Å². The summed E-state index contributed by atoms with van der Waals surface area (Å²) >= 11 is 6.26. The Morgan fingerprint density at radius 1 is 1.12 bits per heavy atom. The van der Waals surface area contributed by atoms with Crippen LogP contribution in [-0.4, -0.2) is 55.4 Å². The summed E-state index contributed by atoms with van der Waals surface area (Å²) in [6.45, 7) is 5.29. The molecular weight excluding hydrogens is 574 g/mol. The number of halogens is 1. The van der Waals surface area contributed by atoms with Gasteiger partial charge in [-0.3, -0.25) is 14.3 Å².